The number of benzene rings is 3. The molecule has 3 aromatic carbocycles. The SMILES string of the molecule is COCC(=O)N1CCCN(Cc2ccc(Cl)cc2)CCCN(C(=O)Cc2ccc(C)cc2)Cc2ccccc21. The molecular formula is C32H38ClN3O3. The summed E-state index contributed by atoms with van der Waals surface area (Å²) in [5.74, 6) is 0.00790. The minimum absolute atomic E-state index is 0.0128. The van der Waals surface area contributed by atoms with E-state index in [-0.39, 0.29) is 18.4 Å². The van der Waals surface area contributed by atoms with Crippen molar-refractivity contribution in [3.8, 4) is 0 Å². The maximum atomic E-state index is 13.6. The lowest BCUT2D eigenvalue weighted by atomic mass is 10.1. The zero-order valence-electron chi connectivity index (χ0n) is 22.9. The van der Waals surface area contributed by atoms with Crippen LogP contribution in [0.3, 0.4) is 0 Å². The minimum atomic E-state index is -0.0798. The summed E-state index contributed by atoms with van der Waals surface area (Å²) in [4.78, 5) is 32.9. The van der Waals surface area contributed by atoms with E-state index in [0.717, 1.165) is 54.3 Å². The number of amides is 2. The van der Waals surface area contributed by atoms with Gasteiger partial charge in [0.25, 0.3) is 5.91 Å². The predicted octanol–water partition coefficient (Wildman–Crippen LogP) is 5.50. The van der Waals surface area contributed by atoms with Crippen LogP contribution >= 0.6 is 11.6 Å². The highest BCUT2D eigenvalue weighted by Crippen LogP contribution is 2.24. The first-order chi connectivity index (χ1) is 18.9. The molecule has 39 heavy (non-hydrogen) atoms. The molecule has 2 amide bonds. The van der Waals surface area contributed by atoms with Crippen LogP contribution in [0.4, 0.5) is 5.69 Å². The highest BCUT2D eigenvalue weighted by molar-refractivity contribution is 6.30. The van der Waals surface area contributed by atoms with E-state index in [9.17, 15) is 9.59 Å². The van der Waals surface area contributed by atoms with E-state index in [1.165, 1.54) is 11.1 Å². The van der Waals surface area contributed by atoms with Crippen LogP contribution in [0.5, 0.6) is 0 Å². The third kappa shape index (κ3) is 8.40. The van der Waals surface area contributed by atoms with Gasteiger partial charge in [-0.2, -0.15) is 0 Å². The van der Waals surface area contributed by atoms with Gasteiger partial charge < -0.3 is 14.5 Å². The molecule has 206 valence electrons. The normalized spacial score (nSPS) is 15.3. The Kier molecular flexibility index (Phi) is 10.5. The number of carbonyl (C=O) groups is 2. The number of hydrogen-bond donors (Lipinski definition) is 0. The first kappa shape index (κ1) is 28.8. The fourth-order valence-corrected chi connectivity index (χ4v) is 5.16. The average molecular weight is 548 g/mol. The van der Waals surface area contributed by atoms with Crippen LogP contribution in [0.15, 0.2) is 72.8 Å². The Balaban J connectivity index is 1.60. The molecule has 1 aliphatic rings. The maximum absolute atomic E-state index is 13.6. The van der Waals surface area contributed by atoms with Crippen LogP contribution in [-0.4, -0.2) is 61.5 Å². The standard InChI is InChI=1S/C32H38ClN3O3/c1-25-9-11-26(12-10-25)21-31(37)35-19-5-17-34(22-27-13-15-29(33)16-14-27)18-6-20-36(32(38)24-39-2)30-8-4-3-7-28(30)23-35/h3-4,7-16H,5-6,17-24H2,1-2H3. The molecule has 0 saturated heterocycles. The van der Waals surface area contributed by atoms with E-state index in [1.54, 1.807) is 7.11 Å². The van der Waals surface area contributed by atoms with Gasteiger partial charge in [0, 0.05) is 57.1 Å². The Hall–Kier alpha value is -3.19. The van der Waals surface area contributed by atoms with Crippen molar-refractivity contribution >= 4 is 29.1 Å². The molecule has 0 bridgehead atoms. The van der Waals surface area contributed by atoms with Gasteiger partial charge in [-0.05, 0) is 54.7 Å². The fourth-order valence-electron chi connectivity index (χ4n) is 5.03. The third-order valence-corrected chi connectivity index (χ3v) is 7.37. The van der Waals surface area contributed by atoms with Gasteiger partial charge in [0.05, 0.1) is 6.42 Å². The molecule has 7 heteroatoms. The molecule has 1 aliphatic heterocycles. The number of nitrogens with zero attached hydrogens (tertiary/aromatic N) is 3. The number of rotatable bonds is 6. The summed E-state index contributed by atoms with van der Waals surface area (Å²) in [6, 6.07) is 24.0. The highest BCUT2D eigenvalue weighted by Gasteiger charge is 2.23. The van der Waals surface area contributed by atoms with E-state index in [1.807, 2.05) is 77.4 Å². The van der Waals surface area contributed by atoms with Crippen LogP contribution in [0.25, 0.3) is 0 Å². The first-order valence-electron chi connectivity index (χ1n) is 13.6. The monoisotopic (exact) mass is 547 g/mol. The van der Waals surface area contributed by atoms with Crippen LogP contribution in [-0.2, 0) is 33.8 Å². The van der Waals surface area contributed by atoms with Crippen molar-refractivity contribution < 1.29 is 14.3 Å². The second-order valence-electron chi connectivity index (χ2n) is 10.2. The summed E-state index contributed by atoms with van der Waals surface area (Å²) in [5, 5.41) is 0.723. The van der Waals surface area contributed by atoms with Crippen LogP contribution in [0.2, 0.25) is 5.02 Å². The number of carbonyl (C=O) groups excluding carboxylic acids is 2. The van der Waals surface area contributed by atoms with Crippen LogP contribution in [0, 0.1) is 6.92 Å². The van der Waals surface area contributed by atoms with Gasteiger partial charge in [0.2, 0.25) is 5.91 Å². The number of ether oxygens (including phenoxy) is 1. The van der Waals surface area contributed by atoms with Crippen molar-refractivity contribution in [1.82, 2.24) is 9.80 Å². The molecular weight excluding hydrogens is 510 g/mol. The lowest BCUT2D eigenvalue weighted by Crippen LogP contribution is -2.40. The molecule has 0 fully saturated rings. The summed E-state index contributed by atoms with van der Waals surface area (Å²) >= 11 is 6.10. The van der Waals surface area contributed by atoms with E-state index in [2.05, 4.69) is 17.0 Å². The molecule has 0 saturated carbocycles. The Morgan fingerprint density at radius 1 is 0.821 bits per heavy atom. The molecule has 0 aliphatic carbocycles. The summed E-state index contributed by atoms with van der Waals surface area (Å²) in [6.45, 7) is 6.20. The van der Waals surface area contributed by atoms with Gasteiger partial charge in [-0.15, -0.1) is 0 Å². The van der Waals surface area contributed by atoms with Gasteiger partial charge >= 0.3 is 0 Å². The summed E-state index contributed by atoms with van der Waals surface area (Å²) in [5.41, 5.74) is 5.19. The molecule has 4 rings (SSSR count). The van der Waals surface area contributed by atoms with E-state index in [0.29, 0.717) is 26.1 Å². The zero-order chi connectivity index (χ0) is 27.6. The van der Waals surface area contributed by atoms with Gasteiger partial charge in [-0.25, -0.2) is 0 Å². The number of fused-ring (bicyclic) bond motifs is 1. The van der Waals surface area contributed by atoms with Crippen LogP contribution < -0.4 is 4.90 Å². The van der Waals surface area contributed by atoms with E-state index in [4.69, 9.17) is 16.3 Å². The Morgan fingerprint density at radius 2 is 1.49 bits per heavy atom. The molecule has 0 radical (unpaired) electrons. The highest BCUT2D eigenvalue weighted by atomic mass is 35.5. The van der Waals surface area contributed by atoms with Crippen molar-refractivity contribution in [2.75, 3.05) is 44.8 Å². The third-order valence-electron chi connectivity index (χ3n) is 7.12. The number of halogens is 1. The fraction of sp³-hybridized carbons (Fsp3) is 0.375. The predicted molar refractivity (Wildman–Crippen MR) is 157 cm³/mol. The molecule has 6 nitrogen and oxygen atoms in total. The lowest BCUT2D eigenvalue weighted by molar-refractivity contribution is -0.131. The number of aryl methyl sites for hydroxylation is 1. The first-order valence-corrected chi connectivity index (χ1v) is 14.0. The summed E-state index contributed by atoms with van der Waals surface area (Å²) in [6.07, 6.45) is 2.04. The van der Waals surface area contributed by atoms with Gasteiger partial charge in [0.15, 0.2) is 0 Å². The average Bonchev–Trinajstić information content (AvgIpc) is 2.92. The largest absolute Gasteiger partial charge is 0.375 e. The number of hydrogen-bond acceptors (Lipinski definition) is 4. The quantitative estimate of drug-likeness (QED) is 0.409. The number of methoxy groups -OCH3 is 1. The van der Waals surface area contributed by atoms with Gasteiger partial charge in [-0.1, -0.05) is 71.8 Å². The number of anilines is 1. The van der Waals surface area contributed by atoms with Crippen molar-refractivity contribution in [2.45, 2.75) is 39.3 Å². The van der Waals surface area contributed by atoms with E-state index < -0.39 is 0 Å². The van der Waals surface area contributed by atoms with Gasteiger partial charge in [-0.3, -0.25) is 14.5 Å². The Bertz CT molecular complexity index is 1230. The maximum Gasteiger partial charge on any atom is 0.252 e. The second-order valence-corrected chi connectivity index (χ2v) is 10.6. The van der Waals surface area contributed by atoms with Crippen LogP contribution in [0.1, 0.15) is 35.1 Å². The molecule has 0 N–H and O–H groups in total. The molecule has 0 unspecified atom stereocenters. The molecule has 0 spiro atoms. The Labute approximate surface area is 237 Å². The summed E-state index contributed by atoms with van der Waals surface area (Å²) < 4.78 is 5.21. The molecule has 0 atom stereocenters. The zero-order valence-corrected chi connectivity index (χ0v) is 23.7. The molecule has 0 aromatic heterocycles. The number of para-hydroxylation sites is 1. The second kappa shape index (κ2) is 14.3. The molecule has 3 aromatic rings. The molecule has 1 heterocycles. The topological polar surface area (TPSA) is 53.1 Å². The van der Waals surface area contributed by atoms with E-state index >= 15 is 0 Å². The Morgan fingerprint density at radius 3 is 2.21 bits per heavy atom. The minimum Gasteiger partial charge on any atom is -0.375 e. The smallest absolute Gasteiger partial charge is 0.252 e. The van der Waals surface area contributed by atoms with Crippen molar-refractivity contribution in [2.24, 2.45) is 0 Å². The summed E-state index contributed by atoms with van der Waals surface area (Å²) in [7, 11) is 1.54. The van der Waals surface area contributed by atoms with Crippen molar-refractivity contribution in [1.29, 1.82) is 0 Å². The van der Waals surface area contributed by atoms with Crippen molar-refractivity contribution in [3.05, 3.63) is 100 Å². The van der Waals surface area contributed by atoms with Gasteiger partial charge in [0.1, 0.15) is 6.61 Å². The lowest BCUT2D eigenvalue weighted by Gasteiger charge is -2.31. The van der Waals surface area contributed by atoms with Crippen molar-refractivity contribution in [3.63, 3.8) is 0 Å².